The average molecular weight is 287 g/mol. The van der Waals surface area contributed by atoms with Gasteiger partial charge < -0.3 is 15.4 Å². The van der Waals surface area contributed by atoms with Crippen LogP contribution in [0.1, 0.15) is 10.4 Å². The lowest BCUT2D eigenvalue weighted by Gasteiger charge is -2.16. The molecule has 0 unspecified atom stereocenters. The Morgan fingerprint density at radius 1 is 1.56 bits per heavy atom. The zero-order valence-electron chi connectivity index (χ0n) is 9.37. The Hall–Kier alpha value is -1.07. The Balaban J connectivity index is 2.76. The number of rotatable bonds is 4. The quantitative estimate of drug-likeness (QED) is 0.858. The molecule has 1 aromatic carbocycles. The summed E-state index contributed by atoms with van der Waals surface area (Å²) in [6.45, 7) is 1.09. The monoisotopic (exact) mass is 286 g/mol. The van der Waals surface area contributed by atoms with E-state index in [2.05, 4.69) is 15.9 Å². The summed E-state index contributed by atoms with van der Waals surface area (Å²) in [5, 5.41) is 0. The Morgan fingerprint density at radius 3 is 2.81 bits per heavy atom. The van der Waals surface area contributed by atoms with Crippen LogP contribution in [0.5, 0.6) is 0 Å². The summed E-state index contributed by atoms with van der Waals surface area (Å²) in [6, 6.07) is 5.15. The van der Waals surface area contributed by atoms with E-state index >= 15 is 0 Å². The van der Waals surface area contributed by atoms with Gasteiger partial charge in [0.25, 0.3) is 5.91 Å². The molecule has 1 aromatic rings. The maximum atomic E-state index is 11.9. The first-order valence-electron chi connectivity index (χ1n) is 4.85. The van der Waals surface area contributed by atoms with Crippen LogP contribution >= 0.6 is 15.9 Å². The van der Waals surface area contributed by atoms with Gasteiger partial charge in [-0.15, -0.1) is 0 Å². The third kappa shape index (κ3) is 3.21. The highest BCUT2D eigenvalue weighted by Crippen LogP contribution is 2.20. The molecule has 0 fully saturated rings. The van der Waals surface area contributed by atoms with Crippen molar-refractivity contribution in [2.24, 2.45) is 0 Å². The molecule has 0 saturated heterocycles. The lowest BCUT2D eigenvalue weighted by Crippen LogP contribution is -2.29. The number of hydrogen-bond acceptors (Lipinski definition) is 3. The molecule has 0 aliphatic heterocycles. The number of nitrogens with zero attached hydrogens (tertiary/aromatic N) is 1. The van der Waals surface area contributed by atoms with Gasteiger partial charge in [0.15, 0.2) is 0 Å². The van der Waals surface area contributed by atoms with Crippen LogP contribution in [-0.4, -0.2) is 38.1 Å². The minimum atomic E-state index is -0.0437. The first-order valence-corrected chi connectivity index (χ1v) is 5.65. The van der Waals surface area contributed by atoms with Gasteiger partial charge in [-0.1, -0.05) is 0 Å². The van der Waals surface area contributed by atoms with Gasteiger partial charge in [-0.25, -0.2) is 0 Å². The number of nitrogen functional groups attached to an aromatic ring is 1. The number of anilines is 1. The Morgan fingerprint density at radius 2 is 2.25 bits per heavy atom. The molecule has 0 atom stereocenters. The number of methoxy groups -OCH3 is 1. The van der Waals surface area contributed by atoms with E-state index in [1.807, 2.05) is 0 Å². The lowest BCUT2D eigenvalue weighted by molar-refractivity contribution is 0.0744. The fourth-order valence-electron chi connectivity index (χ4n) is 1.21. The largest absolute Gasteiger partial charge is 0.398 e. The van der Waals surface area contributed by atoms with Gasteiger partial charge in [0.05, 0.1) is 6.61 Å². The van der Waals surface area contributed by atoms with Crippen LogP contribution in [0.25, 0.3) is 0 Å². The summed E-state index contributed by atoms with van der Waals surface area (Å²) in [7, 11) is 3.35. The standard InChI is InChI=1S/C11H15BrN2O2/c1-14(5-6-16-2)11(15)8-3-4-10(13)9(12)7-8/h3-4,7H,5-6,13H2,1-2H3. The number of likely N-dealkylation sites (N-methyl/N-ethyl adjacent to an activating group) is 1. The highest BCUT2D eigenvalue weighted by molar-refractivity contribution is 9.10. The summed E-state index contributed by atoms with van der Waals surface area (Å²) in [6.07, 6.45) is 0. The molecule has 0 aromatic heterocycles. The van der Waals surface area contributed by atoms with Crippen LogP contribution in [0.4, 0.5) is 5.69 Å². The van der Waals surface area contributed by atoms with Gasteiger partial charge in [0, 0.05) is 36.4 Å². The SMILES string of the molecule is COCCN(C)C(=O)c1ccc(N)c(Br)c1. The van der Waals surface area contributed by atoms with Crippen molar-refractivity contribution >= 4 is 27.5 Å². The number of carbonyl (C=O) groups is 1. The Bertz CT molecular complexity index is 382. The number of ether oxygens (including phenoxy) is 1. The predicted octanol–water partition coefficient (Wildman–Crippen LogP) is 1.75. The molecule has 16 heavy (non-hydrogen) atoms. The molecule has 1 amide bonds. The second-order valence-electron chi connectivity index (χ2n) is 3.46. The fourth-order valence-corrected chi connectivity index (χ4v) is 1.59. The van der Waals surface area contributed by atoms with Crippen LogP contribution in [0.3, 0.4) is 0 Å². The summed E-state index contributed by atoms with van der Waals surface area (Å²) >= 11 is 3.30. The molecule has 0 bridgehead atoms. The molecule has 4 nitrogen and oxygen atoms in total. The molecule has 0 saturated carbocycles. The van der Waals surface area contributed by atoms with Crippen molar-refractivity contribution in [2.45, 2.75) is 0 Å². The van der Waals surface area contributed by atoms with Crippen molar-refractivity contribution in [1.82, 2.24) is 4.90 Å². The highest BCUT2D eigenvalue weighted by atomic mass is 79.9. The van der Waals surface area contributed by atoms with Crippen LogP contribution in [0, 0.1) is 0 Å². The van der Waals surface area contributed by atoms with E-state index in [4.69, 9.17) is 10.5 Å². The summed E-state index contributed by atoms with van der Waals surface area (Å²) in [4.78, 5) is 13.5. The van der Waals surface area contributed by atoms with Crippen LogP contribution in [0.15, 0.2) is 22.7 Å². The third-order valence-electron chi connectivity index (χ3n) is 2.22. The maximum Gasteiger partial charge on any atom is 0.253 e. The van der Waals surface area contributed by atoms with Gasteiger partial charge in [-0.3, -0.25) is 4.79 Å². The number of hydrogen-bond donors (Lipinski definition) is 1. The number of amides is 1. The van der Waals surface area contributed by atoms with E-state index < -0.39 is 0 Å². The van der Waals surface area contributed by atoms with Crippen molar-refractivity contribution in [2.75, 3.05) is 33.0 Å². The molecular formula is C11H15BrN2O2. The first kappa shape index (κ1) is 13.0. The molecule has 0 radical (unpaired) electrons. The number of nitrogens with two attached hydrogens (primary N) is 1. The van der Waals surface area contributed by atoms with E-state index in [1.165, 1.54) is 0 Å². The predicted molar refractivity (Wildman–Crippen MR) is 67.4 cm³/mol. The Labute approximate surface area is 103 Å². The van der Waals surface area contributed by atoms with Crippen molar-refractivity contribution < 1.29 is 9.53 Å². The molecule has 0 aliphatic rings. The Kier molecular flexibility index (Phi) is 4.76. The third-order valence-corrected chi connectivity index (χ3v) is 2.91. The van der Waals surface area contributed by atoms with Crippen molar-refractivity contribution in [1.29, 1.82) is 0 Å². The average Bonchev–Trinajstić information content (AvgIpc) is 2.28. The van der Waals surface area contributed by atoms with E-state index in [9.17, 15) is 4.79 Å². The molecule has 5 heteroatoms. The summed E-state index contributed by atoms with van der Waals surface area (Å²) < 4.78 is 5.65. The molecule has 0 aliphatic carbocycles. The second-order valence-corrected chi connectivity index (χ2v) is 4.31. The summed E-state index contributed by atoms with van der Waals surface area (Å²) in [5.74, 6) is -0.0437. The zero-order chi connectivity index (χ0) is 12.1. The number of carbonyl (C=O) groups excluding carboxylic acids is 1. The van der Waals surface area contributed by atoms with Crippen LogP contribution in [-0.2, 0) is 4.74 Å². The lowest BCUT2D eigenvalue weighted by atomic mass is 10.2. The van der Waals surface area contributed by atoms with Gasteiger partial charge >= 0.3 is 0 Å². The molecule has 0 spiro atoms. The summed E-state index contributed by atoms with van der Waals surface area (Å²) in [5.41, 5.74) is 6.89. The van der Waals surface area contributed by atoms with E-state index in [0.717, 1.165) is 4.47 Å². The number of halogens is 1. The van der Waals surface area contributed by atoms with E-state index in [1.54, 1.807) is 37.3 Å². The van der Waals surface area contributed by atoms with Crippen LogP contribution < -0.4 is 5.73 Å². The van der Waals surface area contributed by atoms with E-state index in [-0.39, 0.29) is 5.91 Å². The van der Waals surface area contributed by atoms with E-state index in [0.29, 0.717) is 24.4 Å². The molecular weight excluding hydrogens is 272 g/mol. The van der Waals surface area contributed by atoms with Crippen molar-refractivity contribution in [3.63, 3.8) is 0 Å². The first-order chi connectivity index (χ1) is 7.56. The molecule has 1 rings (SSSR count). The normalized spacial score (nSPS) is 10.2. The molecule has 2 N–H and O–H groups in total. The molecule has 88 valence electrons. The van der Waals surface area contributed by atoms with Gasteiger partial charge in [0.1, 0.15) is 0 Å². The minimum absolute atomic E-state index is 0.0437. The molecule has 0 heterocycles. The fraction of sp³-hybridized carbons (Fsp3) is 0.364. The highest BCUT2D eigenvalue weighted by Gasteiger charge is 2.12. The topological polar surface area (TPSA) is 55.6 Å². The van der Waals surface area contributed by atoms with Crippen LogP contribution in [0.2, 0.25) is 0 Å². The zero-order valence-corrected chi connectivity index (χ0v) is 11.0. The second kappa shape index (κ2) is 5.86. The van der Waals surface area contributed by atoms with Gasteiger partial charge in [-0.05, 0) is 34.1 Å². The smallest absolute Gasteiger partial charge is 0.253 e. The van der Waals surface area contributed by atoms with Crippen molar-refractivity contribution in [3.05, 3.63) is 28.2 Å². The van der Waals surface area contributed by atoms with Crippen molar-refractivity contribution in [3.8, 4) is 0 Å². The van der Waals surface area contributed by atoms with Gasteiger partial charge in [0.2, 0.25) is 0 Å². The van der Waals surface area contributed by atoms with Gasteiger partial charge in [-0.2, -0.15) is 0 Å². The maximum absolute atomic E-state index is 11.9. The number of benzene rings is 1. The minimum Gasteiger partial charge on any atom is -0.398 e.